The maximum absolute atomic E-state index is 12.0. The Hall–Kier alpha value is -1.40. The Morgan fingerprint density at radius 2 is 2.20 bits per heavy atom. The number of halogens is 1. The lowest BCUT2D eigenvalue weighted by molar-refractivity contribution is -0.149. The van der Waals surface area contributed by atoms with Gasteiger partial charge in [-0.05, 0) is 43.5 Å². The van der Waals surface area contributed by atoms with E-state index in [2.05, 4.69) is 21.2 Å². The van der Waals surface area contributed by atoms with Crippen LogP contribution < -0.4 is 5.32 Å². The van der Waals surface area contributed by atoms with Crippen LogP contribution in [0, 0.1) is 6.92 Å². The van der Waals surface area contributed by atoms with E-state index in [1.165, 1.54) is 0 Å². The molecule has 1 saturated heterocycles. The first-order chi connectivity index (χ1) is 9.47. The van der Waals surface area contributed by atoms with Crippen LogP contribution in [-0.4, -0.2) is 35.7 Å². The number of carboxylic acids is 1. The highest BCUT2D eigenvalue weighted by Gasteiger charge is 2.30. The van der Waals surface area contributed by atoms with E-state index in [1.807, 2.05) is 13.0 Å². The maximum atomic E-state index is 12.0. The van der Waals surface area contributed by atoms with E-state index in [4.69, 9.17) is 9.84 Å². The normalized spacial score (nSPS) is 21.7. The third-order valence-electron chi connectivity index (χ3n) is 3.29. The molecule has 1 heterocycles. The van der Waals surface area contributed by atoms with Crippen molar-refractivity contribution in [2.45, 2.75) is 32.0 Å². The second kappa shape index (κ2) is 6.37. The Labute approximate surface area is 125 Å². The lowest BCUT2D eigenvalue weighted by Gasteiger charge is -2.12. The van der Waals surface area contributed by atoms with Crippen molar-refractivity contribution in [1.29, 1.82) is 0 Å². The topological polar surface area (TPSA) is 75.6 Å². The van der Waals surface area contributed by atoms with E-state index >= 15 is 0 Å². The molecular formula is C14H16BrNO4. The minimum atomic E-state index is -0.942. The van der Waals surface area contributed by atoms with E-state index in [0.717, 1.165) is 10.0 Å². The Morgan fingerprint density at radius 3 is 2.80 bits per heavy atom. The van der Waals surface area contributed by atoms with E-state index in [9.17, 15) is 9.59 Å². The van der Waals surface area contributed by atoms with Crippen molar-refractivity contribution < 1.29 is 19.4 Å². The largest absolute Gasteiger partial charge is 0.479 e. The summed E-state index contributed by atoms with van der Waals surface area (Å²) >= 11 is 3.38. The minimum Gasteiger partial charge on any atom is -0.479 e. The first-order valence-electron chi connectivity index (χ1n) is 6.40. The van der Waals surface area contributed by atoms with Crippen molar-refractivity contribution in [2.75, 3.05) is 6.54 Å². The molecule has 0 aliphatic carbocycles. The number of ether oxygens (including phenoxy) is 1. The molecule has 5 nitrogen and oxygen atoms in total. The first-order valence-corrected chi connectivity index (χ1v) is 7.19. The smallest absolute Gasteiger partial charge is 0.332 e. The van der Waals surface area contributed by atoms with Gasteiger partial charge < -0.3 is 15.2 Å². The fraction of sp³-hybridized carbons (Fsp3) is 0.429. The van der Waals surface area contributed by atoms with Gasteiger partial charge in [0.05, 0.1) is 6.10 Å². The molecule has 20 heavy (non-hydrogen) atoms. The molecular weight excluding hydrogens is 326 g/mol. The molecule has 0 bridgehead atoms. The van der Waals surface area contributed by atoms with E-state index in [0.29, 0.717) is 24.9 Å². The summed E-state index contributed by atoms with van der Waals surface area (Å²) in [4.78, 5) is 22.7. The van der Waals surface area contributed by atoms with Crippen LogP contribution in [0.25, 0.3) is 0 Å². The van der Waals surface area contributed by atoms with Gasteiger partial charge in [0.25, 0.3) is 5.91 Å². The molecule has 0 aromatic heterocycles. The van der Waals surface area contributed by atoms with E-state index in [1.54, 1.807) is 12.1 Å². The standard InChI is InChI=1S/C14H16BrNO4/c1-8-6-9(2-4-11(8)15)13(17)16-7-10-3-5-12(20-10)14(18)19/h2,4,6,10,12H,3,5,7H2,1H3,(H,16,17)(H,18,19). The van der Waals surface area contributed by atoms with E-state index < -0.39 is 12.1 Å². The predicted octanol–water partition coefficient (Wildman–Crippen LogP) is 2.12. The molecule has 6 heteroatoms. The molecule has 1 fully saturated rings. The summed E-state index contributed by atoms with van der Waals surface area (Å²) in [5.74, 6) is -1.12. The number of aryl methyl sites for hydroxylation is 1. The highest BCUT2D eigenvalue weighted by molar-refractivity contribution is 9.10. The summed E-state index contributed by atoms with van der Waals surface area (Å²) in [7, 11) is 0. The molecule has 0 radical (unpaired) electrons. The Morgan fingerprint density at radius 1 is 1.45 bits per heavy atom. The summed E-state index contributed by atoms with van der Waals surface area (Å²) < 4.78 is 6.29. The van der Waals surface area contributed by atoms with Crippen molar-refractivity contribution >= 4 is 27.8 Å². The van der Waals surface area contributed by atoms with Gasteiger partial charge in [-0.3, -0.25) is 4.79 Å². The lowest BCUT2D eigenvalue weighted by Crippen LogP contribution is -2.33. The monoisotopic (exact) mass is 341 g/mol. The molecule has 2 rings (SSSR count). The zero-order chi connectivity index (χ0) is 14.7. The van der Waals surface area contributed by atoms with Gasteiger partial charge in [0.2, 0.25) is 0 Å². The van der Waals surface area contributed by atoms with Crippen molar-refractivity contribution in [1.82, 2.24) is 5.32 Å². The quantitative estimate of drug-likeness (QED) is 0.879. The molecule has 0 spiro atoms. The molecule has 2 unspecified atom stereocenters. The van der Waals surface area contributed by atoms with Crippen LogP contribution in [0.1, 0.15) is 28.8 Å². The third kappa shape index (κ3) is 3.58. The fourth-order valence-electron chi connectivity index (χ4n) is 2.13. The molecule has 1 aromatic carbocycles. The van der Waals surface area contributed by atoms with Crippen LogP contribution in [0.15, 0.2) is 22.7 Å². The number of amides is 1. The Bertz CT molecular complexity index is 532. The molecule has 1 amide bonds. The van der Waals surface area contributed by atoms with Gasteiger partial charge in [-0.25, -0.2) is 4.79 Å². The van der Waals surface area contributed by atoms with Crippen LogP contribution >= 0.6 is 15.9 Å². The van der Waals surface area contributed by atoms with E-state index in [-0.39, 0.29) is 12.0 Å². The zero-order valence-corrected chi connectivity index (χ0v) is 12.6. The third-order valence-corrected chi connectivity index (χ3v) is 4.18. The number of hydrogen-bond acceptors (Lipinski definition) is 3. The lowest BCUT2D eigenvalue weighted by atomic mass is 10.1. The Balaban J connectivity index is 1.86. The average molecular weight is 342 g/mol. The molecule has 108 valence electrons. The summed E-state index contributed by atoms with van der Waals surface area (Å²) in [6.45, 7) is 2.25. The van der Waals surface area contributed by atoms with Gasteiger partial charge in [0, 0.05) is 16.6 Å². The van der Waals surface area contributed by atoms with Crippen LogP contribution in [-0.2, 0) is 9.53 Å². The van der Waals surface area contributed by atoms with Crippen molar-refractivity contribution in [3.8, 4) is 0 Å². The number of rotatable bonds is 4. The van der Waals surface area contributed by atoms with Crippen molar-refractivity contribution in [3.63, 3.8) is 0 Å². The number of benzene rings is 1. The predicted molar refractivity (Wildman–Crippen MR) is 76.7 cm³/mol. The molecule has 0 saturated carbocycles. The van der Waals surface area contributed by atoms with Crippen LogP contribution in [0.5, 0.6) is 0 Å². The van der Waals surface area contributed by atoms with Crippen molar-refractivity contribution in [2.24, 2.45) is 0 Å². The second-order valence-corrected chi connectivity index (χ2v) is 5.69. The number of hydrogen-bond donors (Lipinski definition) is 2. The van der Waals surface area contributed by atoms with Crippen LogP contribution in [0.3, 0.4) is 0 Å². The van der Waals surface area contributed by atoms with Crippen molar-refractivity contribution in [3.05, 3.63) is 33.8 Å². The number of carboxylic acid groups (broad SMARTS) is 1. The molecule has 2 N–H and O–H groups in total. The minimum absolute atomic E-state index is 0.178. The highest BCUT2D eigenvalue weighted by Crippen LogP contribution is 2.20. The molecule has 2 atom stereocenters. The number of carbonyl (C=O) groups excluding carboxylic acids is 1. The molecule has 1 aliphatic heterocycles. The van der Waals surface area contributed by atoms with Gasteiger partial charge in [-0.15, -0.1) is 0 Å². The summed E-state index contributed by atoms with van der Waals surface area (Å²) in [6.07, 6.45) is 0.174. The molecule has 1 aliphatic rings. The first kappa shape index (κ1) is 15.0. The maximum Gasteiger partial charge on any atom is 0.332 e. The number of nitrogens with one attached hydrogen (secondary N) is 1. The van der Waals surface area contributed by atoms with Gasteiger partial charge in [-0.1, -0.05) is 15.9 Å². The highest BCUT2D eigenvalue weighted by atomic mass is 79.9. The van der Waals surface area contributed by atoms with Gasteiger partial charge in [-0.2, -0.15) is 0 Å². The Kier molecular flexibility index (Phi) is 4.77. The van der Waals surface area contributed by atoms with Crippen LogP contribution in [0.2, 0.25) is 0 Å². The van der Waals surface area contributed by atoms with Gasteiger partial charge in [0.15, 0.2) is 6.10 Å². The molecule has 1 aromatic rings. The second-order valence-electron chi connectivity index (χ2n) is 4.84. The SMILES string of the molecule is Cc1cc(C(=O)NCC2CCC(C(=O)O)O2)ccc1Br. The van der Waals surface area contributed by atoms with Crippen LogP contribution in [0.4, 0.5) is 0 Å². The summed E-state index contributed by atoms with van der Waals surface area (Å²) in [6, 6.07) is 5.37. The van der Waals surface area contributed by atoms with Gasteiger partial charge >= 0.3 is 5.97 Å². The zero-order valence-electron chi connectivity index (χ0n) is 11.1. The number of carbonyl (C=O) groups is 2. The fourth-order valence-corrected chi connectivity index (χ4v) is 2.38. The number of aliphatic carboxylic acids is 1. The average Bonchev–Trinajstić information content (AvgIpc) is 2.88. The van der Waals surface area contributed by atoms with Gasteiger partial charge in [0.1, 0.15) is 0 Å². The summed E-state index contributed by atoms with van der Waals surface area (Å²) in [5, 5.41) is 11.6. The summed E-state index contributed by atoms with van der Waals surface area (Å²) in [5.41, 5.74) is 1.57.